The fraction of sp³-hybridized carbons (Fsp3) is 0.438. The zero-order valence-electron chi connectivity index (χ0n) is 13.9. The Bertz CT molecular complexity index is 723. The smallest absolute Gasteiger partial charge is 0.338 e. The molecule has 0 spiro atoms. The van der Waals surface area contributed by atoms with Crippen molar-refractivity contribution in [2.45, 2.75) is 37.9 Å². The Hall–Kier alpha value is -1.34. The standard InChI is InChI=1S/C16H20BrN3O2S/c1-16(2,3)14-18-15(23-5)20(19-14)9-10-8-11(17)6-7-12(10)13(21)22-4/h6-8H,9H2,1-5H3. The van der Waals surface area contributed by atoms with Crippen LogP contribution in [0.25, 0.3) is 0 Å². The van der Waals surface area contributed by atoms with Crippen molar-refractivity contribution in [1.82, 2.24) is 14.8 Å². The van der Waals surface area contributed by atoms with E-state index in [9.17, 15) is 4.79 Å². The van der Waals surface area contributed by atoms with Crippen molar-refractivity contribution in [2.75, 3.05) is 13.4 Å². The van der Waals surface area contributed by atoms with Gasteiger partial charge in [-0.1, -0.05) is 48.5 Å². The monoisotopic (exact) mass is 397 g/mol. The summed E-state index contributed by atoms with van der Waals surface area (Å²) in [7, 11) is 1.38. The van der Waals surface area contributed by atoms with Gasteiger partial charge in [-0.3, -0.25) is 0 Å². The molecule has 0 aliphatic heterocycles. The van der Waals surface area contributed by atoms with Crippen LogP contribution in [0, 0.1) is 0 Å². The van der Waals surface area contributed by atoms with E-state index in [1.807, 2.05) is 23.1 Å². The summed E-state index contributed by atoms with van der Waals surface area (Å²) in [5.41, 5.74) is 1.25. The van der Waals surface area contributed by atoms with Crippen molar-refractivity contribution in [2.24, 2.45) is 0 Å². The van der Waals surface area contributed by atoms with Gasteiger partial charge >= 0.3 is 5.97 Å². The van der Waals surface area contributed by atoms with Crippen molar-refractivity contribution in [3.05, 3.63) is 39.6 Å². The first kappa shape index (κ1) is 18.0. The first-order valence-electron chi connectivity index (χ1n) is 7.12. The van der Waals surface area contributed by atoms with Crippen LogP contribution in [0.15, 0.2) is 27.8 Å². The van der Waals surface area contributed by atoms with Gasteiger partial charge in [0.2, 0.25) is 0 Å². The number of hydrogen-bond donors (Lipinski definition) is 0. The molecule has 0 amide bonds. The molecule has 124 valence electrons. The van der Waals surface area contributed by atoms with Crippen LogP contribution < -0.4 is 0 Å². The number of hydrogen-bond acceptors (Lipinski definition) is 5. The maximum atomic E-state index is 12.0. The lowest BCUT2D eigenvalue weighted by atomic mass is 9.96. The summed E-state index contributed by atoms with van der Waals surface area (Å²) < 4.78 is 7.60. The Kier molecular flexibility index (Phi) is 5.52. The average molecular weight is 398 g/mol. The zero-order chi connectivity index (χ0) is 17.2. The van der Waals surface area contributed by atoms with Crippen LogP contribution in [0.4, 0.5) is 0 Å². The Morgan fingerprint density at radius 2 is 2.09 bits per heavy atom. The van der Waals surface area contributed by atoms with E-state index >= 15 is 0 Å². The second kappa shape index (κ2) is 7.05. The molecule has 1 heterocycles. The van der Waals surface area contributed by atoms with Crippen LogP contribution in [-0.2, 0) is 16.7 Å². The molecule has 0 fully saturated rings. The van der Waals surface area contributed by atoms with Crippen molar-refractivity contribution >= 4 is 33.7 Å². The first-order chi connectivity index (χ1) is 10.8. The summed E-state index contributed by atoms with van der Waals surface area (Å²) in [6.45, 7) is 6.70. The molecule has 0 saturated carbocycles. The largest absolute Gasteiger partial charge is 0.465 e. The van der Waals surface area contributed by atoms with Gasteiger partial charge < -0.3 is 4.74 Å². The summed E-state index contributed by atoms with van der Waals surface area (Å²) in [5, 5.41) is 5.45. The van der Waals surface area contributed by atoms with Crippen LogP contribution in [0.5, 0.6) is 0 Å². The molecule has 0 atom stereocenters. The van der Waals surface area contributed by atoms with Gasteiger partial charge in [0.25, 0.3) is 0 Å². The number of carbonyl (C=O) groups is 1. The van der Waals surface area contributed by atoms with Crippen molar-refractivity contribution in [3.63, 3.8) is 0 Å². The second-order valence-electron chi connectivity index (χ2n) is 6.12. The molecule has 0 saturated heterocycles. The van der Waals surface area contributed by atoms with E-state index in [-0.39, 0.29) is 11.4 Å². The highest BCUT2D eigenvalue weighted by Gasteiger charge is 2.22. The Morgan fingerprint density at radius 1 is 1.39 bits per heavy atom. The topological polar surface area (TPSA) is 57.0 Å². The van der Waals surface area contributed by atoms with Crippen molar-refractivity contribution in [3.8, 4) is 0 Å². The van der Waals surface area contributed by atoms with Gasteiger partial charge in [-0.05, 0) is 30.0 Å². The van der Waals surface area contributed by atoms with Crippen LogP contribution in [0.1, 0.15) is 42.5 Å². The van der Waals surface area contributed by atoms with Crippen LogP contribution >= 0.6 is 27.7 Å². The molecule has 7 heteroatoms. The number of thioether (sulfide) groups is 1. The number of benzene rings is 1. The molecular weight excluding hydrogens is 378 g/mol. The SMILES string of the molecule is COC(=O)c1ccc(Br)cc1Cn1nc(C(C)(C)C)nc1SC. The van der Waals surface area contributed by atoms with Gasteiger partial charge in [-0.2, -0.15) is 5.10 Å². The summed E-state index contributed by atoms with van der Waals surface area (Å²) in [4.78, 5) is 16.6. The predicted octanol–water partition coefficient (Wildman–Crippen LogP) is 3.89. The molecular formula is C16H20BrN3O2S. The fourth-order valence-electron chi connectivity index (χ4n) is 2.06. The number of ether oxygens (including phenoxy) is 1. The molecule has 1 aromatic carbocycles. The molecule has 0 radical (unpaired) electrons. The maximum absolute atomic E-state index is 12.0. The van der Waals surface area contributed by atoms with E-state index in [1.54, 1.807) is 6.07 Å². The molecule has 5 nitrogen and oxygen atoms in total. The zero-order valence-corrected chi connectivity index (χ0v) is 16.3. The second-order valence-corrected chi connectivity index (χ2v) is 7.81. The molecule has 2 rings (SSSR count). The normalized spacial score (nSPS) is 11.6. The summed E-state index contributed by atoms with van der Waals surface area (Å²) >= 11 is 4.99. The molecule has 23 heavy (non-hydrogen) atoms. The average Bonchev–Trinajstić information content (AvgIpc) is 2.90. The molecule has 0 aliphatic rings. The number of halogens is 1. The van der Waals surface area contributed by atoms with Gasteiger partial charge in [0.1, 0.15) is 0 Å². The molecule has 2 aromatic rings. The number of esters is 1. The van der Waals surface area contributed by atoms with E-state index in [1.165, 1.54) is 18.9 Å². The third-order valence-corrected chi connectivity index (χ3v) is 4.44. The maximum Gasteiger partial charge on any atom is 0.338 e. The van der Waals surface area contributed by atoms with E-state index in [0.29, 0.717) is 12.1 Å². The minimum atomic E-state index is -0.352. The number of carbonyl (C=O) groups excluding carboxylic acids is 1. The van der Waals surface area contributed by atoms with E-state index in [0.717, 1.165) is 21.0 Å². The van der Waals surface area contributed by atoms with E-state index in [4.69, 9.17) is 4.74 Å². The fourth-order valence-corrected chi connectivity index (χ4v) is 2.97. The highest BCUT2D eigenvalue weighted by atomic mass is 79.9. The Morgan fingerprint density at radius 3 is 2.65 bits per heavy atom. The van der Waals surface area contributed by atoms with Gasteiger partial charge in [-0.25, -0.2) is 14.5 Å². The van der Waals surface area contributed by atoms with Gasteiger partial charge in [0.05, 0.1) is 19.2 Å². The lowest BCUT2D eigenvalue weighted by Crippen LogP contribution is -2.15. The van der Waals surface area contributed by atoms with Crippen molar-refractivity contribution in [1.29, 1.82) is 0 Å². The minimum Gasteiger partial charge on any atom is -0.465 e. The summed E-state index contributed by atoms with van der Waals surface area (Å²) in [6, 6.07) is 5.49. The highest BCUT2D eigenvalue weighted by molar-refractivity contribution is 9.10. The van der Waals surface area contributed by atoms with Crippen LogP contribution in [-0.4, -0.2) is 34.1 Å². The lowest BCUT2D eigenvalue weighted by molar-refractivity contribution is 0.0599. The quantitative estimate of drug-likeness (QED) is 0.578. The van der Waals surface area contributed by atoms with Crippen LogP contribution in [0.2, 0.25) is 0 Å². The molecule has 0 aliphatic carbocycles. The van der Waals surface area contributed by atoms with Gasteiger partial charge in [0, 0.05) is 9.89 Å². The lowest BCUT2D eigenvalue weighted by Gasteiger charge is -2.12. The summed E-state index contributed by atoms with van der Waals surface area (Å²) in [6.07, 6.45) is 1.97. The Labute approximate surface area is 149 Å². The molecule has 0 N–H and O–H groups in total. The van der Waals surface area contributed by atoms with Crippen LogP contribution in [0.3, 0.4) is 0 Å². The first-order valence-corrected chi connectivity index (χ1v) is 9.14. The molecule has 0 unspecified atom stereocenters. The molecule has 1 aromatic heterocycles. The third-order valence-electron chi connectivity index (χ3n) is 3.28. The van der Waals surface area contributed by atoms with E-state index < -0.39 is 0 Å². The Balaban J connectivity index is 2.45. The van der Waals surface area contributed by atoms with Gasteiger partial charge in [0.15, 0.2) is 11.0 Å². The highest BCUT2D eigenvalue weighted by Crippen LogP contribution is 2.24. The van der Waals surface area contributed by atoms with E-state index in [2.05, 4.69) is 46.8 Å². The summed E-state index contributed by atoms with van der Waals surface area (Å²) in [5.74, 6) is 0.436. The predicted molar refractivity (Wildman–Crippen MR) is 95.1 cm³/mol. The van der Waals surface area contributed by atoms with Gasteiger partial charge in [-0.15, -0.1) is 0 Å². The number of nitrogens with zero attached hydrogens (tertiary/aromatic N) is 3. The van der Waals surface area contributed by atoms with Crippen molar-refractivity contribution < 1.29 is 9.53 Å². The minimum absolute atomic E-state index is 0.127. The number of rotatable bonds is 4. The molecule has 0 bridgehead atoms. The number of aromatic nitrogens is 3. The number of methoxy groups -OCH3 is 1. The third kappa shape index (κ3) is 4.14.